The summed E-state index contributed by atoms with van der Waals surface area (Å²) in [6.45, 7) is 10.9. The van der Waals surface area contributed by atoms with Crippen LogP contribution in [0.15, 0.2) is 0 Å². The molecule has 0 aliphatic carbocycles. The number of rotatable bonds is 5. The van der Waals surface area contributed by atoms with Crippen molar-refractivity contribution in [1.82, 2.24) is 9.80 Å². The van der Waals surface area contributed by atoms with Gasteiger partial charge in [0.05, 0.1) is 6.10 Å². The molecule has 3 unspecified atom stereocenters. The van der Waals surface area contributed by atoms with Gasteiger partial charge in [0, 0.05) is 19.1 Å². The molecular formula is C14H30N2O. The molecule has 0 aromatic heterocycles. The molecule has 1 fully saturated rings. The van der Waals surface area contributed by atoms with E-state index in [0.717, 1.165) is 26.1 Å². The van der Waals surface area contributed by atoms with Crippen LogP contribution in [0.25, 0.3) is 0 Å². The van der Waals surface area contributed by atoms with Gasteiger partial charge in [-0.05, 0) is 38.9 Å². The highest BCUT2D eigenvalue weighted by Gasteiger charge is 2.25. The van der Waals surface area contributed by atoms with Crippen LogP contribution in [0.1, 0.15) is 40.0 Å². The minimum Gasteiger partial charge on any atom is -0.392 e. The Balaban J connectivity index is 2.54. The maximum Gasteiger partial charge on any atom is 0.0692 e. The molecule has 17 heavy (non-hydrogen) atoms. The Bertz CT molecular complexity index is 210. The second-order valence-corrected chi connectivity index (χ2v) is 5.63. The molecule has 3 atom stereocenters. The van der Waals surface area contributed by atoms with Gasteiger partial charge in [0.2, 0.25) is 0 Å². The first-order valence-electron chi connectivity index (χ1n) is 7.19. The summed E-state index contributed by atoms with van der Waals surface area (Å²) in [4.78, 5) is 4.92. The largest absolute Gasteiger partial charge is 0.392 e. The van der Waals surface area contributed by atoms with Gasteiger partial charge in [-0.3, -0.25) is 4.90 Å². The predicted octanol–water partition coefficient (Wildman–Crippen LogP) is 1.81. The summed E-state index contributed by atoms with van der Waals surface area (Å²) in [6, 6.07) is 0.612. The SMILES string of the molecule is CCC(C)C(O)CN1CCCN(C)CC1CC. The van der Waals surface area contributed by atoms with E-state index in [1.807, 2.05) is 0 Å². The van der Waals surface area contributed by atoms with E-state index in [9.17, 15) is 5.11 Å². The van der Waals surface area contributed by atoms with Crippen molar-refractivity contribution in [1.29, 1.82) is 0 Å². The number of hydrogen-bond acceptors (Lipinski definition) is 3. The highest BCUT2D eigenvalue weighted by molar-refractivity contribution is 4.80. The van der Waals surface area contributed by atoms with E-state index in [4.69, 9.17) is 0 Å². The molecule has 0 saturated carbocycles. The van der Waals surface area contributed by atoms with Crippen molar-refractivity contribution in [2.24, 2.45) is 5.92 Å². The van der Waals surface area contributed by atoms with Gasteiger partial charge in [0.1, 0.15) is 0 Å². The lowest BCUT2D eigenvalue weighted by Crippen LogP contribution is -2.44. The van der Waals surface area contributed by atoms with Crippen LogP contribution in [0, 0.1) is 5.92 Å². The summed E-state index contributed by atoms with van der Waals surface area (Å²) in [5.41, 5.74) is 0. The van der Waals surface area contributed by atoms with Crippen molar-refractivity contribution in [3.05, 3.63) is 0 Å². The van der Waals surface area contributed by atoms with E-state index in [-0.39, 0.29) is 6.10 Å². The fourth-order valence-corrected chi connectivity index (χ4v) is 2.61. The first-order chi connectivity index (χ1) is 8.08. The maximum absolute atomic E-state index is 10.2. The molecule has 0 aromatic rings. The van der Waals surface area contributed by atoms with Gasteiger partial charge in [-0.15, -0.1) is 0 Å². The van der Waals surface area contributed by atoms with E-state index in [1.54, 1.807) is 0 Å². The lowest BCUT2D eigenvalue weighted by molar-refractivity contribution is 0.0503. The van der Waals surface area contributed by atoms with Gasteiger partial charge < -0.3 is 10.0 Å². The van der Waals surface area contributed by atoms with Gasteiger partial charge in [0.15, 0.2) is 0 Å². The van der Waals surface area contributed by atoms with Crippen molar-refractivity contribution < 1.29 is 5.11 Å². The number of nitrogens with zero attached hydrogens (tertiary/aromatic N) is 2. The van der Waals surface area contributed by atoms with Crippen LogP contribution in [-0.4, -0.2) is 60.3 Å². The van der Waals surface area contributed by atoms with Crippen molar-refractivity contribution in [3.63, 3.8) is 0 Å². The molecule has 1 N–H and O–H groups in total. The summed E-state index contributed by atoms with van der Waals surface area (Å²) in [5.74, 6) is 0.411. The van der Waals surface area contributed by atoms with E-state index in [0.29, 0.717) is 12.0 Å². The molecule has 0 aromatic carbocycles. The first-order valence-corrected chi connectivity index (χ1v) is 7.19. The number of hydrogen-bond donors (Lipinski definition) is 1. The van der Waals surface area contributed by atoms with Crippen LogP contribution in [0.4, 0.5) is 0 Å². The van der Waals surface area contributed by atoms with E-state index < -0.39 is 0 Å². The summed E-state index contributed by atoms with van der Waals surface area (Å²) in [6.07, 6.45) is 3.29. The molecule has 3 heteroatoms. The van der Waals surface area contributed by atoms with Gasteiger partial charge in [-0.2, -0.15) is 0 Å². The van der Waals surface area contributed by atoms with Crippen LogP contribution in [0.2, 0.25) is 0 Å². The van der Waals surface area contributed by atoms with Gasteiger partial charge in [0.25, 0.3) is 0 Å². The van der Waals surface area contributed by atoms with Gasteiger partial charge >= 0.3 is 0 Å². The topological polar surface area (TPSA) is 26.7 Å². The van der Waals surface area contributed by atoms with Crippen molar-refractivity contribution in [3.8, 4) is 0 Å². The Morgan fingerprint density at radius 2 is 2.00 bits per heavy atom. The molecule has 1 heterocycles. The molecule has 0 bridgehead atoms. The zero-order chi connectivity index (χ0) is 12.8. The summed E-state index contributed by atoms with van der Waals surface area (Å²) >= 11 is 0. The normalized spacial score (nSPS) is 27.7. The number of aliphatic hydroxyl groups excluding tert-OH is 1. The van der Waals surface area contributed by atoms with Crippen molar-refractivity contribution in [2.45, 2.75) is 52.2 Å². The van der Waals surface area contributed by atoms with Crippen molar-refractivity contribution in [2.75, 3.05) is 33.2 Å². The first kappa shape index (κ1) is 14.9. The van der Waals surface area contributed by atoms with Crippen LogP contribution < -0.4 is 0 Å². The van der Waals surface area contributed by atoms with Crippen LogP contribution in [0.5, 0.6) is 0 Å². The highest BCUT2D eigenvalue weighted by Crippen LogP contribution is 2.15. The van der Waals surface area contributed by atoms with E-state index >= 15 is 0 Å². The van der Waals surface area contributed by atoms with E-state index in [1.165, 1.54) is 19.4 Å². The lowest BCUT2D eigenvalue weighted by atomic mass is 10.0. The number of aliphatic hydroxyl groups is 1. The minimum absolute atomic E-state index is 0.169. The lowest BCUT2D eigenvalue weighted by Gasteiger charge is -2.33. The third-order valence-corrected chi connectivity index (χ3v) is 4.22. The standard InChI is InChI=1S/C14H30N2O/c1-5-12(3)14(17)11-16-9-7-8-15(4)10-13(16)6-2/h12-14,17H,5-11H2,1-4H3. The third kappa shape index (κ3) is 4.57. The molecule has 1 rings (SSSR count). The van der Waals surface area contributed by atoms with E-state index in [2.05, 4.69) is 37.6 Å². The second-order valence-electron chi connectivity index (χ2n) is 5.63. The monoisotopic (exact) mass is 242 g/mol. The minimum atomic E-state index is -0.169. The molecule has 3 nitrogen and oxygen atoms in total. The quantitative estimate of drug-likeness (QED) is 0.796. The molecule has 102 valence electrons. The van der Waals surface area contributed by atoms with Crippen molar-refractivity contribution >= 4 is 0 Å². The van der Waals surface area contributed by atoms with Gasteiger partial charge in [-0.1, -0.05) is 27.2 Å². The fourth-order valence-electron chi connectivity index (χ4n) is 2.61. The summed E-state index contributed by atoms with van der Waals surface area (Å²) < 4.78 is 0. The summed E-state index contributed by atoms with van der Waals surface area (Å²) in [7, 11) is 2.21. The zero-order valence-corrected chi connectivity index (χ0v) is 12.0. The Morgan fingerprint density at radius 1 is 1.29 bits per heavy atom. The van der Waals surface area contributed by atoms with Crippen LogP contribution in [0.3, 0.4) is 0 Å². The van der Waals surface area contributed by atoms with Gasteiger partial charge in [-0.25, -0.2) is 0 Å². The van der Waals surface area contributed by atoms with Crippen LogP contribution >= 0.6 is 0 Å². The molecule has 1 saturated heterocycles. The average Bonchev–Trinajstić information content (AvgIpc) is 2.50. The second kappa shape index (κ2) is 7.34. The smallest absolute Gasteiger partial charge is 0.0692 e. The van der Waals surface area contributed by atoms with Crippen LogP contribution in [-0.2, 0) is 0 Å². The number of β-amino-alcohol motifs (C(OH)–C–C–N with tert-alkyl or cyclic N) is 1. The zero-order valence-electron chi connectivity index (χ0n) is 12.0. The molecule has 0 spiro atoms. The average molecular weight is 242 g/mol. The Hall–Kier alpha value is -0.120. The Morgan fingerprint density at radius 3 is 2.59 bits per heavy atom. The molecule has 0 radical (unpaired) electrons. The fraction of sp³-hybridized carbons (Fsp3) is 1.00. The highest BCUT2D eigenvalue weighted by atomic mass is 16.3. The molecule has 1 aliphatic rings. The molecule has 1 aliphatic heterocycles. The maximum atomic E-state index is 10.2. The summed E-state index contributed by atoms with van der Waals surface area (Å²) in [5, 5.41) is 10.2. The molecular weight excluding hydrogens is 212 g/mol. The number of likely N-dealkylation sites (N-methyl/N-ethyl adjacent to an activating group) is 1. The third-order valence-electron chi connectivity index (χ3n) is 4.22. The molecule has 0 amide bonds. The Kier molecular flexibility index (Phi) is 6.45. The Labute approximate surface area is 107 Å². The predicted molar refractivity (Wildman–Crippen MR) is 73.2 cm³/mol.